The van der Waals surface area contributed by atoms with Gasteiger partial charge in [0.1, 0.15) is 0 Å². The number of pyridine rings is 1. The van der Waals surface area contributed by atoms with Crippen LogP contribution in [0.3, 0.4) is 0 Å². The topological polar surface area (TPSA) is 24.9 Å². The van der Waals surface area contributed by atoms with E-state index in [4.69, 9.17) is 0 Å². The van der Waals surface area contributed by atoms with Gasteiger partial charge < -0.3 is 5.32 Å². The number of hydrogen-bond acceptors (Lipinski definition) is 2. The highest BCUT2D eigenvalue weighted by Crippen LogP contribution is 2.09. The van der Waals surface area contributed by atoms with Crippen molar-refractivity contribution >= 4 is 0 Å². The molecule has 1 heterocycles. The van der Waals surface area contributed by atoms with Crippen LogP contribution in [0, 0.1) is 0 Å². The van der Waals surface area contributed by atoms with Gasteiger partial charge in [-0.3, -0.25) is 4.98 Å². The molecule has 0 aliphatic carbocycles. The first-order valence-electron chi connectivity index (χ1n) is 6.53. The fourth-order valence-electron chi connectivity index (χ4n) is 2.01. The summed E-state index contributed by atoms with van der Waals surface area (Å²) in [5.74, 6) is 0. The molecule has 2 heteroatoms. The summed E-state index contributed by atoms with van der Waals surface area (Å²) in [5, 5.41) is 3.53. The Labute approximate surface area is 109 Å². The molecule has 1 N–H and O–H groups in total. The maximum absolute atomic E-state index is 4.14. The van der Waals surface area contributed by atoms with Crippen LogP contribution in [0.2, 0.25) is 0 Å². The summed E-state index contributed by atoms with van der Waals surface area (Å²) in [4.78, 5) is 4.14. The van der Waals surface area contributed by atoms with E-state index in [-0.39, 0.29) is 0 Å². The van der Waals surface area contributed by atoms with Gasteiger partial charge in [-0.05, 0) is 43.5 Å². The van der Waals surface area contributed by atoms with Gasteiger partial charge in [0.25, 0.3) is 0 Å². The van der Waals surface area contributed by atoms with Crippen LogP contribution >= 0.6 is 0 Å². The summed E-state index contributed by atoms with van der Waals surface area (Å²) < 4.78 is 0. The Hall–Kier alpha value is -1.67. The minimum Gasteiger partial charge on any atom is -0.310 e. The Bertz CT molecular complexity index is 439. The Morgan fingerprint density at radius 1 is 1.11 bits per heavy atom. The number of hydrogen-bond donors (Lipinski definition) is 1. The molecule has 0 bridgehead atoms. The van der Waals surface area contributed by atoms with E-state index in [9.17, 15) is 0 Å². The second-order valence-electron chi connectivity index (χ2n) is 4.55. The number of benzene rings is 1. The third kappa shape index (κ3) is 3.97. The lowest BCUT2D eigenvalue weighted by atomic mass is 10.1. The quantitative estimate of drug-likeness (QED) is 0.783. The summed E-state index contributed by atoms with van der Waals surface area (Å²) in [6.07, 6.45) is 6.03. The van der Waals surface area contributed by atoms with Gasteiger partial charge in [-0.2, -0.15) is 0 Å². The minimum atomic E-state index is 0.370. The third-order valence-corrected chi connectivity index (χ3v) is 3.12. The van der Waals surface area contributed by atoms with Crippen molar-refractivity contribution in [3.05, 3.63) is 66.0 Å². The minimum absolute atomic E-state index is 0.370. The molecule has 2 nitrogen and oxygen atoms in total. The molecule has 0 aliphatic rings. The van der Waals surface area contributed by atoms with Crippen LogP contribution in [0.5, 0.6) is 0 Å². The molecule has 0 saturated carbocycles. The van der Waals surface area contributed by atoms with E-state index < -0.39 is 0 Å². The maximum Gasteiger partial charge on any atom is 0.0315 e. The summed E-state index contributed by atoms with van der Waals surface area (Å²) in [7, 11) is 0. The average Bonchev–Trinajstić information content (AvgIpc) is 2.45. The molecule has 0 radical (unpaired) electrons. The molecule has 0 unspecified atom stereocenters. The van der Waals surface area contributed by atoms with Crippen molar-refractivity contribution in [2.24, 2.45) is 0 Å². The third-order valence-electron chi connectivity index (χ3n) is 3.12. The van der Waals surface area contributed by atoms with E-state index >= 15 is 0 Å². The molecule has 2 rings (SSSR count). The largest absolute Gasteiger partial charge is 0.310 e. The second kappa shape index (κ2) is 6.92. The predicted molar refractivity (Wildman–Crippen MR) is 75.4 cm³/mol. The van der Waals surface area contributed by atoms with Gasteiger partial charge in [0, 0.05) is 18.4 Å². The molecule has 0 amide bonds. The molecule has 1 aromatic carbocycles. The van der Waals surface area contributed by atoms with Crippen LogP contribution in [0.25, 0.3) is 0 Å². The van der Waals surface area contributed by atoms with E-state index in [0.29, 0.717) is 6.04 Å². The summed E-state index contributed by atoms with van der Waals surface area (Å²) in [5.41, 5.74) is 2.66. The average molecular weight is 240 g/mol. The zero-order valence-electron chi connectivity index (χ0n) is 10.8. The number of nitrogens with zero attached hydrogens (tertiary/aromatic N) is 1. The first-order chi connectivity index (χ1) is 8.86. The van der Waals surface area contributed by atoms with Crippen LogP contribution in [0.1, 0.15) is 30.5 Å². The molecular weight excluding hydrogens is 220 g/mol. The molecule has 0 saturated heterocycles. The van der Waals surface area contributed by atoms with Gasteiger partial charge in [-0.1, -0.05) is 36.4 Å². The van der Waals surface area contributed by atoms with E-state index in [0.717, 1.165) is 19.4 Å². The normalized spacial score (nSPS) is 12.3. The highest BCUT2D eigenvalue weighted by Gasteiger charge is 2.03. The molecule has 0 fully saturated rings. The number of rotatable bonds is 6. The van der Waals surface area contributed by atoms with Gasteiger partial charge in [0.15, 0.2) is 0 Å². The number of aromatic nitrogens is 1. The fourth-order valence-corrected chi connectivity index (χ4v) is 2.01. The molecule has 2 aromatic rings. The van der Waals surface area contributed by atoms with Crippen molar-refractivity contribution in [2.75, 3.05) is 6.54 Å². The van der Waals surface area contributed by atoms with Crippen LogP contribution in [-0.2, 0) is 6.42 Å². The second-order valence-corrected chi connectivity index (χ2v) is 4.55. The van der Waals surface area contributed by atoms with Gasteiger partial charge in [-0.15, -0.1) is 0 Å². The molecule has 94 valence electrons. The zero-order chi connectivity index (χ0) is 12.6. The molecule has 18 heavy (non-hydrogen) atoms. The van der Waals surface area contributed by atoms with Gasteiger partial charge in [0.05, 0.1) is 0 Å². The van der Waals surface area contributed by atoms with Crippen LogP contribution in [0.15, 0.2) is 54.9 Å². The zero-order valence-corrected chi connectivity index (χ0v) is 10.8. The molecule has 0 spiro atoms. The molecular formula is C16H20N2. The van der Waals surface area contributed by atoms with Crippen molar-refractivity contribution in [2.45, 2.75) is 25.8 Å². The van der Waals surface area contributed by atoms with Gasteiger partial charge in [0.2, 0.25) is 0 Å². The van der Waals surface area contributed by atoms with Gasteiger partial charge in [-0.25, -0.2) is 0 Å². The Kier molecular flexibility index (Phi) is 4.91. The summed E-state index contributed by atoms with van der Waals surface area (Å²) in [6.45, 7) is 3.21. The molecule has 1 aromatic heterocycles. The highest BCUT2D eigenvalue weighted by molar-refractivity contribution is 5.15. The fraction of sp³-hybridized carbons (Fsp3) is 0.312. The lowest BCUT2D eigenvalue weighted by molar-refractivity contribution is 0.557. The number of aryl methyl sites for hydroxylation is 1. The lowest BCUT2D eigenvalue weighted by Gasteiger charge is -2.13. The predicted octanol–water partition coefficient (Wildman–Crippen LogP) is 3.37. The van der Waals surface area contributed by atoms with Crippen molar-refractivity contribution in [3.63, 3.8) is 0 Å². The van der Waals surface area contributed by atoms with Gasteiger partial charge >= 0.3 is 0 Å². The van der Waals surface area contributed by atoms with Crippen molar-refractivity contribution in [3.8, 4) is 0 Å². The lowest BCUT2D eigenvalue weighted by Crippen LogP contribution is -2.20. The standard InChI is InChI=1S/C16H20N2/c1-14(16-10-6-11-17-13-16)18-12-5-9-15-7-3-2-4-8-15/h2-4,6-8,10-11,13-14,18H,5,9,12H2,1H3/t14-/m1/s1. The SMILES string of the molecule is C[C@@H](NCCCc1ccccc1)c1cccnc1. The smallest absolute Gasteiger partial charge is 0.0315 e. The van der Waals surface area contributed by atoms with E-state index in [2.05, 4.69) is 53.6 Å². The maximum atomic E-state index is 4.14. The van der Waals surface area contributed by atoms with Crippen molar-refractivity contribution < 1.29 is 0 Å². The van der Waals surface area contributed by atoms with Crippen LogP contribution in [0.4, 0.5) is 0 Å². The van der Waals surface area contributed by atoms with E-state index in [1.165, 1.54) is 11.1 Å². The summed E-state index contributed by atoms with van der Waals surface area (Å²) in [6, 6.07) is 15.1. The van der Waals surface area contributed by atoms with Crippen molar-refractivity contribution in [1.29, 1.82) is 0 Å². The van der Waals surface area contributed by atoms with Crippen molar-refractivity contribution in [1.82, 2.24) is 10.3 Å². The monoisotopic (exact) mass is 240 g/mol. The highest BCUT2D eigenvalue weighted by atomic mass is 14.9. The Morgan fingerprint density at radius 3 is 2.67 bits per heavy atom. The first kappa shape index (κ1) is 12.8. The van der Waals surface area contributed by atoms with Crippen LogP contribution in [-0.4, -0.2) is 11.5 Å². The first-order valence-corrected chi connectivity index (χ1v) is 6.53. The Balaban J connectivity index is 1.70. The van der Waals surface area contributed by atoms with Crippen LogP contribution < -0.4 is 5.32 Å². The van der Waals surface area contributed by atoms with E-state index in [1.807, 2.05) is 18.5 Å². The van der Waals surface area contributed by atoms with E-state index in [1.54, 1.807) is 0 Å². The summed E-state index contributed by atoms with van der Waals surface area (Å²) >= 11 is 0. The molecule has 1 atom stereocenters. The molecule has 0 aliphatic heterocycles. The Morgan fingerprint density at radius 2 is 1.94 bits per heavy atom. The number of nitrogens with one attached hydrogen (secondary N) is 1.